The van der Waals surface area contributed by atoms with Crippen LogP contribution >= 0.6 is 0 Å². The van der Waals surface area contributed by atoms with Gasteiger partial charge in [0.05, 0.1) is 12.6 Å². The van der Waals surface area contributed by atoms with Gasteiger partial charge in [0.1, 0.15) is 17.2 Å². The summed E-state index contributed by atoms with van der Waals surface area (Å²) < 4.78 is 34.7. The van der Waals surface area contributed by atoms with Crippen molar-refractivity contribution >= 4 is 11.8 Å². The van der Waals surface area contributed by atoms with E-state index in [1.807, 2.05) is 0 Å². The highest BCUT2D eigenvalue weighted by Gasteiger charge is 2.53. The van der Waals surface area contributed by atoms with Crippen LogP contribution in [0.25, 0.3) is 0 Å². The van der Waals surface area contributed by atoms with Gasteiger partial charge in [-0.15, -0.1) is 0 Å². The zero-order valence-electron chi connectivity index (χ0n) is 17.5. The molecular formula is C23H21F2N3O5. The lowest BCUT2D eigenvalue weighted by molar-refractivity contribution is -0.0722. The van der Waals surface area contributed by atoms with E-state index in [4.69, 9.17) is 4.74 Å². The fraction of sp³-hybridized carbons (Fsp3) is 0.435. The maximum Gasteiger partial charge on any atom is 0.276 e. The van der Waals surface area contributed by atoms with Gasteiger partial charge < -0.3 is 24.6 Å². The number of amides is 2. The molecule has 172 valence electrons. The number of hydrogen-bond acceptors (Lipinski definition) is 5. The molecule has 3 fully saturated rings. The molecule has 33 heavy (non-hydrogen) atoms. The molecule has 0 radical (unpaired) electrons. The maximum atomic E-state index is 13.9. The summed E-state index contributed by atoms with van der Waals surface area (Å²) in [6, 6.07) is 2.71. The number of fused-ring (bicyclic) bond motifs is 1. The van der Waals surface area contributed by atoms with Crippen LogP contribution in [0.3, 0.4) is 0 Å². The Labute approximate surface area is 186 Å². The Morgan fingerprint density at radius 2 is 2.03 bits per heavy atom. The monoisotopic (exact) mass is 457 g/mol. The van der Waals surface area contributed by atoms with Crippen LogP contribution in [-0.2, 0) is 17.7 Å². The first-order valence-corrected chi connectivity index (χ1v) is 11.0. The van der Waals surface area contributed by atoms with E-state index >= 15 is 0 Å². The van der Waals surface area contributed by atoms with E-state index in [1.54, 1.807) is 9.47 Å². The Hall–Kier alpha value is -3.27. The van der Waals surface area contributed by atoms with E-state index in [0.717, 1.165) is 18.9 Å². The smallest absolute Gasteiger partial charge is 0.276 e. The van der Waals surface area contributed by atoms with Crippen molar-refractivity contribution in [2.24, 2.45) is 5.92 Å². The minimum absolute atomic E-state index is 0.0240. The zero-order valence-corrected chi connectivity index (χ0v) is 17.5. The highest BCUT2D eigenvalue weighted by Crippen LogP contribution is 2.47. The standard InChI is InChI=1S/C23H21F2N3O5/c24-12-2-1-11(14(25)7-12)8-26-21(31)17-15-3-4-16-23-27(13-5-10(6-13)9-33-23)22(32)18(28(15)16)20(30)19(17)29/h1-2,7,10,13,16,23,30H,3-6,8-9H2,(H,26,31). The summed E-state index contributed by atoms with van der Waals surface area (Å²) >= 11 is 0. The molecule has 2 N–H and O–H groups in total. The predicted molar refractivity (Wildman–Crippen MR) is 110 cm³/mol. The molecule has 10 heteroatoms. The summed E-state index contributed by atoms with van der Waals surface area (Å²) in [6.45, 7) is 0.284. The minimum Gasteiger partial charge on any atom is -0.503 e. The lowest BCUT2D eigenvalue weighted by Crippen LogP contribution is -2.56. The summed E-state index contributed by atoms with van der Waals surface area (Å²) in [5.41, 5.74) is -0.867. The molecule has 2 aromatic rings. The van der Waals surface area contributed by atoms with Crippen LogP contribution < -0.4 is 10.7 Å². The molecule has 2 amide bonds. The van der Waals surface area contributed by atoms with Gasteiger partial charge in [-0.25, -0.2) is 8.78 Å². The van der Waals surface area contributed by atoms with Crippen LogP contribution in [0.5, 0.6) is 5.75 Å². The van der Waals surface area contributed by atoms with Gasteiger partial charge in [0.15, 0.2) is 17.7 Å². The number of hydrogen-bond donors (Lipinski definition) is 2. The molecule has 1 saturated carbocycles. The van der Waals surface area contributed by atoms with Crippen LogP contribution in [0.4, 0.5) is 8.78 Å². The van der Waals surface area contributed by atoms with E-state index < -0.39 is 40.9 Å². The summed E-state index contributed by atoms with van der Waals surface area (Å²) in [7, 11) is 0. The maximum absolute atomic E-state index is 13.9. The predicted octanol–water partition coefficient (Wildman–Crippen LogP) is 1.84. The number of benzene rings is 1. The van der Waals surface area contributed by atoms with Gasteiger partial charge in [0.2, 0.25) is 5.43 Å². The number of ether oxygens (including phenoxy) is 1. The van der Waals surface area contributed by atoms with E-state index in [0.29, 0.717) is 37.1 Å². The lowest BCUT2D eigenvalue weighted by atomic mass is 9.80. The minimum atomic E-state index is -0.928. The Morgan fingerprint density at radius 1 is 1.24 bits per heavy atom. The van der Waals surface area contributed by atoms with E-state index in [1.165, 1.54) is 6.07 Å². The summed E-state index contributed by atoms with van der Waals surface area (Å²) in [5.74, 6) is -3.16. The second-order valence-corrected chi connectivity index (χ2v) is 9.17. The molecular weight excluding hydrogens is 436 g/mol. The molecule has 1 aromatic heterocycles. The van der Waals surface area contributed by atoms with Gasteiger partial charge in [-0.3, -0.25) is 14.4 Å². The van der Waals surface area contributed by atoms with Gasteiger partial charge in [-0.1, -0.05) is 6.07 Å². The number of aromatic nitrogens is 1. The molecule has 4 aliphatic heterocycles. The second-order valence-electron chi connectivity index (χ2n) is 9.17. The highest BCUT2D eigenvalue weighted by atomic mass is 19.1. The number of nitrogens with one attached hydrogen (secondary N) is 1. The normalized spacial score (nSPS) is 26.8. The summed E-state index contributed by atoms with van der Waals surface area (Å²) in [4.78, 5) is 41.0. The van der Waals surface area contributed by atoms with Crippen molar-refractivity contribution in [1.29, 1.82) is 0 Å². The summed E-state index contributed by atoms with van der Waals surface area (Å²) in [6.07, 6.45) is 2.08. The first kappa shape index (κ1) is 20.3. The third kappa shape index (κ3) is 2.86. The Kier molecular flexibility index (Phi) is 4.39. The van der Waals surface area contributed by atoms with Crippen LogP contribution in [0.2, 0.25) is 0 Å². The topological polar surface area (TPSA) is 101 Å². The number of carbonyl (C=O) groups excluding carboxylic acids is 2. The summed E-state index contributed by atoms with van der Waals surface area (Å²) in [5, 5.41) is 13.2. The van der Waals surface area contributed by atoms with E-state index in [2.05, 4.69) is 5.32 Å². The molecule has 5 heterocycles. The first-order chi connectivity index (χ1) is 15.8. The van der Waals surface area contributed by atoms with Crippen molar-refractivity contribution < 1.29 is 28.2 Å². The molecule has 1 aromatic carbocycles. The van der Waals surface area contributed by atoms with Crippen molar-refractivity contribution in [3.05, 3.63) is 62.6 Å². The van der Waals surface area contributed by atoms with Crippen LogP contribution in [-0.4, -0.2) is 45.3 Å². The third-order valence-electron chi connectivity index (χ3n) is 7.32. The van der Waals surface area contributed by atoms with Crippen molar-refractivity contribution in [3.8, 4) is 5.75 Å². The van der Waals surface area contributed by atoms with Crippen LogP contribution in [0, 0.1) is 17.6 Å². The number of halogens is 2. The Morgan fingerprint density at radius 3 is 2.79 bits per heavy atom. The molecule has 2 saturated heterocycles. The van der Waals surface area contributed by atoms with Gasteiger partial charge in [-0.05, 0) is 37.7 Å². The average molecular weight is 457 g/mol. The Balaban J connectivity index is 1.38. The number of nitrogens with zero attached hydrogens (tertiary/aromatic N) is 2. The number of carbonyl (C=O) groups is 2. The number of rotatable bonds is 3. The zero-order chi connectivity index (χ0) is 23.0. The molecule has 1 aliphatic carbocycles. The SMILES string of the molecule is O=C(NCc1ccc(F)cc1F)c1c2n3c(c(O)c1=O)C(=O)N1C4CC(COC1C3CC2)C4. The first-order valence-electron chi connectivity index (χ1n) is 11.0. The fourth-order valence-electron chi connectivity index (χ4n) is 5.68. The van der Waals surface area contributed by atoms with Gasteiger partial charge >= 0.3 is 0 Å². The molecule has 5 aliphatic rings. The number of aromatic hydroxyl groups is 1. The number of pyridine rings is 1. The van der Waals surface area contributed by atoms with Gasteiger partial charge in [0.25, 0.3) is 11.8 Å². The molecule has 2 unspecified atom stereocenters. The van der Waals surface area contributed by atoms with Crippen molar-refractivity contribution in [3.63, 3.8) is 0 Å². The van der Waals surface area contributed by atoms with Gasteiger partial charge in [-0.2, -0.15) is 0 Å². The third-order valence-corrected chi connectivity index (χ3v) is 7.32. The van der Waals surface area contributed by atoms with Crippen LogP contribution in [0.1, 0.15) is 57.4 Å². The molecule has 2 bridgehead atoms. The molecule has 2 atom stereocenters. The molecule has 7 rings (SSSR count). The quantitative estimate of drug-likeness (QED) is 0.733. The largest absolute Gasteiger partial charge is 0.503 e. The molecule has 0 spiro atoms. The lowest BCUT2D eigenvalue weighted by Gasteiger charge is -2.46. The molecule has 8 nitrogen and oxygen atoms in total. The fourth-order valence-corrected chi connectivity index (χ4v) is 5.68. The van der Waals surface area contributed by atoms with Crippen molar-refractivity contribution in [2.75, 3.05) is 6.61 Å². The van der Waals surface area contributed by atoms with E-state index in [-0.39, 0.29) is 35.4 Å². The average Bonchev–Trinajstić information content (AvgIpc) is 2.96. The van der Waals surface area contributed by atoms with E-state index in [9.17, 15) is 28.3 Å². The van der Waals surface area contributed by atoms with Crippen molar-refractivity contribution in [2.45, 2.75) is 50.5 Å². The highest BCUT2D eigenvalue weighted by molar-refractivity contribution is 6.00. The van der Waals surface area contributed by atoms with Crippen molar-refractivity contribution in [1.82, 2.24) is 14.8 Å². The van der Waals surface area contributed by atoms with Gasteiger partial charge in [0, 0.05) is 29.9 Å². The van der Waals surface area contributed by atoms with Crippen LogP contribution in [0.15, 0.2) is 23.0 Å². The Bertz CT molecular complexity index is 1270. The second kappa shape index (κ2) is 7.11.